The molecule has 0 radical (unpaired) electrons. The van der Waals surface area contributed by atoms with Crippen LogP contribution in [0.5, 0.6) is 11.5 Å². The zero-order chi connectivity index (χ0) is 13.1. The molecule has 0 heterocycles. The average Bonchev–Trinajstić information content (AvgIpc) is 2.34. The second-order valence-electron chi connectivity index (χ2n) is 3.55. The lowest BCUT2D eigenvalue weighted by Crippen LogP contribution is -1.93. The van der Waals surface area contributed by atoms with E-state index in [-0.39, 0.29) is 6.61 Å². The fraction of sp³-hybridized carbons (Fsp3) is 0.0769. The van der Waals surface area contributed by atoms with E-state index in [9.17, 15) is 9.50 Å². The highest BCUT2D eigenvalue weighted by Crippen LogP contribution is 2.31. The van der Waals surface area contributed by atoms with Crippen molar-refractivity contribution in [3.05, 3.63) is 57.3 Å². The summed E-state index contributed by atoms with van der Waals surface area (Å²) in [6.45, 7) is -0.242. The zero-order valence-corrected chi connectivity index (χ0v) is 11.5. The van der Waals surface area contributed by atoms with Crippen LogP contribution in [0.25, 0.3) is 0 Å². The number of rotatable bonds is 3. The minimum Gasteiger partial charge on any atom is -0.457 e. The summed E-state index contributed by atoms with van der Waals surface area (Å²) < 4.78 is 19.2. The van der Waals surface area contributed by atoms with Crippen LogP contribution in [0.15, 0.2) is 40.9 Å². The third-order valence-electron chi connectivity index (χ3n) is 2.35. The van der Waals surface area contributed by atoms with Gasteiger partial charge in [0.05, 0.1) is 11.1 Å². The highest BCUT2D eigenvalue weighted by atomic mass is 79.9. The van der Waals surface area contributed by atoms with Crippen molar-refractivity contribution >= 4 is 27.5 Å². The van der Waals surface area contributed by atoms with Gasteiger partial charge in [-0.3, -0.25) is 0 Å². The summed E-state index contributed by atoms with van der Waals surface area (Å²) in [5.41, 5.74) is 0.475. The molecule has 0 spiro atoms. The quantitative estimate of drug-likeness (QED) is 0.895. The first-order chi connectivity index (χ1) is 8.61. The van der Waals surface area contributed by atoms with Crippen LogP contribution in [0.1, 0.15) is 5.56 Å². The van der Waals surface area contributed by atoms with Gasteiger partial charge in [-0.2, -0.15) is 0 Å². The summed E-state index contributed by atoms with van der Waals surface area (Å²) in [6.07, 6.45) is 0. The van der Waals surface area contributed by atoms with Crippen molar-refractivity contribution in [2.75, 3.05) is 0 Å². The first-order valence-corrected chi connectivity index (χ1v) is 6.30. The molecule has 0 aliphatic carbocycles. The number of benzene rings is 2. The third-order valence-corrected chi connectivity index (χ3v) is 3.35. The Kier molecular flexibility index (Phi) is 4.22. The Balaban J connectivity index is 2.34. The van der Waals surface area contributed by atoms with Crippen molar-refractivity contribution in [1.29, 1.82) is 0 Å². The Morgan fingerprint density at radius 3 is 2.72 bits per heavy atom. The summed E-state index contributed by atoms with van der Waals surface area (Å²) in [5, 5.41) is 9.64. The van der Waals surface area contributed by atoms with Gasteiger partial charge in [0.2, 0.25) is 0 Å². The third kappa shape index (κ3) is 2.83. The topological polar surface area (TPSA) is 29.5 Å². The Hall–Kier alpha value is -1.10. The second kappa shape index (κ2) is 5.69. The molecule has 2 nitrogen and oxygen atoms in total. The minimum atomic E-state index is -0.417. The van der Waals surface area contributed by atoms with E-state index in [4.69, 9.17) is 16.3 Å². The number of aliphatic hydroxyl groups is 1. The smallest absolute Gasteiger partial charge is 0.141 e. The van der Waals surface area contributed by atoms with Gasteiger partial charge in [-0.15, -0.1) is 0 Å². The summed E-state index contributed by atoms with van der Waals surface area (Å²) in [4.78, 5) is 0. The number of hydrogen-bond acceptors (Lipinski definition) is 2. The van der Waals surface area contributed by atoms with Crippen molar-refractivity contribution in [2.45, 2.75) is 6.61 Å². The molecule has 0 saturated carbocycles. The van der Waals surface area contributed by atoms with Crippen LogP contribution in [-0.2, 0) is 6.61 Å². The van der Waals surface area contributed by atoms with E-state index in [1.807, 2.05) is 0 Å². The van der Waals surface area contributed by atoms with Crippen LogP contribution in [0.4, 0.5) is 4.39 Å². The van der Waals surface area contributed by atoms with E-state index in [2.05, 4.69) is 15.9 Å². The van der Waals surface area contributed by atoms with E-state index in [0.717, 1.165) is 0 Å². The standard InChI is InChI=1S/C13H9BrClFO2/c14-10-5-4-8(6-12(10)16)18-13-3-1-2-11(15)9(13)7-17/h1-6,17H,7H2. The van der Waals surface area contributed by atoms with Gasteiger partial charge in [-0.05, 0) is 40.2 Å². The van der Waals surface area contributed by atoms with Crippen molar-refractivity contribution in [1.82, 2.24) is 0 Å². The van der Waals surface area contributed by atoms with Gasteiger partial charge >= 0.3 is 0 Å². The Morgan fingerprint density at radius 2 is 2.06 bits per heavy atom. The normalized spacial score (nSPS) is 10.4. The highest BCUT2D eigenvalue weighted by molar-refractivity contribution is 9.10. The summed E-state index contributed by atoms with van der Waals surface area (Å²) in [7, 11) is 0. The predicted molar refractivity (Wildman–Crippen MR) is 71.5 cm³/mol. The maximum atomic E-state index is 13.3. The van der Waals surface area contributed by atoms with Crippen molar-refractivity contribution < 1.29 is 14.2 Å². The molecule has 0 bridgehead atoms. The molecule has 1 N–H and O–H groups in total. The Bertz CT molecular complexity index is 575. The first-order valence-electron chi connectivity index (χ1n) is 5.13. The van der Waals surface area contributed by atoms with Gasteiger partial charge in [0.1, 0.15) is 17.3 Å². The maximum Gasteiger partial charge on any atom is 0.141 e. The number of hydrogen-bond donors (Lipinski definition) is 1. The number of aliphatic hydroxyl groups excluding tert-OH is 1. The van der Waals surface area contributed by atoms with Crippen LogP contribution < -0.4 is 4.74 Å². The largest absolute Gasteiger partial charge is 0.457 e. The van der Waals surface area contributed by atoms with E-state index in [1.54, 1.807) is 30.3 Å². The summed E-state index contributed by atoms with van der Waals surface area (Å²) in [6, 6.07) is 9.45. The zero-order valence-electron chi connectivity index (χ0n) is 9.16. The SMILES string of the molecule is OCc1c(Cl)cccc1Oc1ccc(Br)c(F)c1. The highest BCUT2D eigenvalue weighted by Gasteiger charge is 2.09. The van der Waals surface area contributed by atoms with E-state index in [0.29, 0.717) is 26.6 Å². The minimum absolute atomic E-state index is 0.242. The molecule has 0 aromatic heterocycles. The Labute approximate surface area is 117 Å². The fourth-order valence-electron chi connectivity index (χ4n) is 1.46. The lowest BCUT2D eigenvalue weighted by molar-refractivity contribution is 0.276. The molecule has 0 amide bonds. The summed E-state index contributed by atoms with van der Waals surface area (Å²) in [5.74, 6) is 0.333. The van der Waals surface area contributed by atoms with Gasteiger partial charge < -0.3 is 9.84 Å². The molecule has 0 fully saturated rings. The van der Waals surface area contributed by atoms with Crippen LogP contribution in [0.3, 0.4) is 0 Å². The molecule has 2 rings (SSSR count). The van der Waals surface area contributed by atoms with E-state index < -0.39 is 5.82 Å². The number of halogens is 3. The lowest BCUT2D eigenvalue weighted by atomic mass is 10.2. The van der Waals surface area contributed by atoms with Crippen LogP contribution in [0.2, 0.25) is 5.02 Å². The van der Waals surface area contributed by atoms with Gasteiger partial charge in [0, 0.05) is 16.7 Å². The number of ether oxygens (including phenoxy) is 1. The molecule has 0 saturated heterocycles. The molecule has 0 aliphatic heterocycles. The van der Waals surface area contributed by atoms with Crippen molar-refractivity contribution in [3.8, 4) is 11.5 Å². The molecule has 5 heteroatoms. The van der Waals surface area contributed by atoms with Gasteiger partial charge in [-0.25, -0.2) is 4.39 Å². The molecule has 94 valence electrons. The molecule has 0 atom stereocenters. The monoisotopic (exact) mass is 330 g/mol. The molecule has 2 aromatic carbocycles. The predicted octanol–water partition coefficient (Wildman–Crippen LogP) is 4.53. The molecule has 0 aliphatic rings. The van der Waals surface area contributed by atoms with E-state index in [1.165, 1.54) is 6.07 Å². The van der Waals surface area contributed by atoms with Crippen molar-refractivity contribution in [2.24, 2.45) is 0 Å². The molecule has 2 aromatic rings. The molecular formula is C13H9BrClFO2. The summed E-state index contributed by atoms with van der Waals surface area (Å²) >= 11 is 8.99. The molecule has 0 unspecified atom stereocenters. The van der Waals surface area contributed by atoms with Crippen molar-refractivity contribution in [3.63, 3.8) is 0 Å². The van der Waals surface area contributed by atoms with Gasteiger partial charge in [-0.1, -0.05) is 17.7 Å². The molecular weight excluding hydrogens is 322 g/mol. The van der Waals surface area contributed by atoms with Crippen LogP contribution in [0, 0.1) is 5.82 Å². The second-order valence-corrected chi connectivity index (χ2v) is 4.81. The van der Waals surface area contributed by atoms with Gasteiger partial charge in [0.25, 0.3) is 0 Å². The maximum absolute atomic E-state index is 13.3. The first kappa shape index (κ1) is 13.3. The van der Waals surface area contributed by atoms with E-state index >= 15 is 0 Å². The van der Waals surface area contributed by atoms with Crippen LogP contribution >= 0.6 is 27.5 Å². The van der Waals surface area contributed by atoms with Crippen LogP contribution in [-0.4, -0.2) is 5.11 Å². The van der Waals surface area contributed by atoms with Gasteiger partial charge in [0.15, 0.2) is 0 Å². The average molecular weight is 332 g/mol. The molecule has 18 heavy (non-hydrogen) atoms. The fourth-order valence-corrected chi connectivity index (χ4v) is 1.93. The lowest BCUT2D eigenvalue weighted by Gasteiger charge is -2.11. The Morgan fingerprint density at radius 1 is 1.28 bits per heavy atom.